The summed E-state index contributed by atoms with van der Waals surface area (Å²) >= 11 is 7.68. The number of rotatable bonds is 4. The molecule has 6 rings (SSSR count). The second-order valence-corrected chi connectivity index (χ2v) is 9.96. The van der Waals surface area contributed by atoms with Crippen LogP contribution in [0.1, 0.15) is 38.3 Å². The summed E-state index contributed by atoms with van der Waals surface area (Å²) < 4.78 is 6.07. The quantitative estimate of drug-likeness (QED) is 0.376. The molecule has 0 spiro atoms. The van der Waals surface area contributed by atoms with Crippen LogP contribution in [0.15, 0.2) is 71.1 Å². The highest BCUT2D eigenvalue weighted by atomic mass is 35.5. The normalized spacial score (nSPS) is 17.7. The van der Waals surface area contributed by atoms with Crippen molar-refractivity contribution in [1.29, 1.82) is 0 Å². The van der Waals surface area contributed by atoms with Gasteiger partial charge in [-0.15, -0.1) is 11.3 Å². The lowest BCUT2D eigenvalue weighted by Crippen LogP contribution is -2.38. The van der Waals surface area contributed by atoms with E-state index in [-0.39, 0.29) is 5.91 Å². The molecular weight excluding hydrogens is 454 g/mol. The molecule has 2 aliphatic heterocycles. The van der Waals surface area contributed by atoms with E-state index in [0.717, 1.165) is 47.9 Å². The molecule has 0 radical (unpaired) electrons. The average molecular weight is 476 g/mol. The molecule has 2 aliphatic rings. The lowest BCUT2D eigenvalue weighted by molar-refractivity contribution is 0.0930. The number of nitrogens with one attached hydrogen (secondary N) is 2. The first-order valence-electron chi connectivity index (χ1n) is 11.0. The number of hydrogen-bond donors (Lipinski definition) is 2. The molecule has 0 fully saturated rings. The van der Waals surface area contributed by atoms with Crippen LogP contribution in [0.3, 0.4) is 0 Å². The Kier molecular flexibility index (Phi) is 5.21. The van der Waals surface area contributed by atoms with Crippen LogP contribution in [0.5, 0.6) is 0 Å². The number of amides is 1. The molecular formula is C26H22ClN3O2S. The van der Waals surface area contributed by atoms with Crippen LogP contribution in [-0.2, 0) is 19.5 Å². The van der Waals surface area contributed by atoms with E-state index in [1.807, 2.05) is 42.5 Å². The largest absolute Gasteiger partial charge is 0.457 e. The summed E-state index contributed by atoms with van der Waals surface area (Å²) in [7, 11) is 0. The Morgan fingerprint density at radius 3 is 2.67 bits per heavy atom. The third-order valence-corrected chi connectivity index (χ3v) is 7.60. The SMILES string of the molecule is O=C1N[C@@H](c2ccc(-c3ccc(Cl)cc3)o2)Nc2sc3c(c21)CCN(Cc1ccccc1)C3. The first-order valence-corrected chi connectivity index (χ1v) is 12.2. The van der Waals surface area contributed by atoms with Gasteiger partial charge < -0.3 is 15.1 Å². The fourth-order valence-corrected chi connectivity index (χ4v) is 6.01. The van der Waals surface area contributed by atoms with Gasteiger partial charge in [-0.3, -0.25) is 9.69 Å². The summed E-state index contributed by atoms with van der Waals surface area (Å²) in [5.74, 6) is 1.38. The number of anilines is 1. The smallest absolute Gasteiger partial charge is 0.256 e. The van der Waals surface area contributed by atoms with Crippen molar-refractivity contribution in [1.82, 2.24) is 10.2 Å². The van der Waals surface area contributed by atoms with E-state index in [1.165, 1.54) is 16.0 Å². The first-order chi connectivity index (χ1) is 16.1. The number of carbonyl (C=O) groups is 1. The van der Waals surface area contributed by atoms with E-state index in [0.29, 0.717) is 10.8 Å². The van der Waals surface area contributed by atoms with E-state index in [4.69, 9.17) is 16.0 Å². The second kappa shape index (κ2) is 8.37. The number of carbonyl (C=O) groups excluding carboxylic acids is 1. The van der Waals surface area contributed by atoms with Gasteiger partial charge in [0.1, 0.15) is 16.5 Å². The van der Waals surface area contributed by atoms with Gasteiger partial charge in [-0.1, -0.05) is 41.9 Å². The highest BCUT2D eigenvalue weighted by molar-refractivity contribution is 7.16. The van der Waals surface area contributed by atoms with Crippen molar-refractivity contribution in [3.8, 4) is 11.3 Å². The zero-order chi connectivity index (χ0) is 22.4. The minimum Gasteiger partial charge on any atom is -0.457 e. The van der Waals surface area contributed by atoms with Gasteiger partial charge in [-0.2, -0.15) is 0 Å². The van der Waals surface area contributed by atoms with Crippen molar-refractivity contribution in [2.75, 3.05) is 11.9 Å². The topological polar surface area (TPSA) is 57.5 Å². The van der Waals surface area contributed by atoms with Crippen LogP contribution in [0.25, 0.3) is 11.3 Å². The first kappa shape index (κ1) is 20.5. The molecule has 1 amide bonds. The number of hydrogen-bond acceptors (Lipinski definition) is 5. The van der Waals surface area contributed by atoms with Crippen LogP contribution < -0.4 is 10.6 Å². The predicted octanol–water partition coefficient (Wildman–Crippen LogP) is 6.07. The molecule has 4 aromatic rings. The Bertz CT molecular complexity index is 1310. The number of thiophene rings is 1. The summed E-state index contributed by atoms with van der Waals surface area (Å²) in [6.07, 6.45) is 0.487. The summed E-state index contributed by atoms with van der Waals surface area (Å²) in [5.41, 5.74) is 4.24. The lowest BCUT2D eigenvalue weighted by Gasteiger charge is -2.28. The third kappa shape index (κ3) is 3.95. The van der Waals surface area contributed by atoms with Crippen molar-refractivity contribution in [3.63, 3.8) is 0 Å². The van der Waals surface area contributed by atoms with Gasteiger partial charge in [-0.25, -0.2) is 0 Å². The minimum atomic E-state index is -0.397. The van der Waals surface area contributed by atoms with Crippen molar-refractivity contribution < 1.29 is 9.21 Å². The lowest BCUT2D eigenvalue weighted by atomic mass is 10.0. The van der Waals surface area contributed by atoms with Crippen molar-refractivity contribution in [2.45, 2.75) is 25.7 Å². The molecule has 33 heavy (non-hydrogen) atoms. The van der Waals surface area contributed by atoms with Crippen LogP contribution in [0, 0.1) is 0 Å². The maximum Gasteiger partial charge on any atom is 0.256 e. The maximum atomic E-state index is 13.1. The number of halogens is 1. The molecule has 166 valence electrons. The third-order valence-electron chi connectivity index (χ3n) is 6.20. The van der Waals surface area contributed by atoms with E-state index in [2.05, 4.69) is 39.8 Å². The predicted molar refractivity (Wildman–Crippen MR) is 132 cm³/mol. The van der Waals surface area contributed by atoms with Crippen LogP contribution >= 0.6 is 22.9 Å². The Labute approximate surface area is 201 Å². The zero-order valence-corrected chi connectivity index (χ0v) is 19.4. The van der Waals surface area contributed by atoms with Crippen molar-refractivity contribution in [2.24, 2.45) is 0 Å². The molecule has 0 aliphatic carbocycles. The molecule has 0 unspecified atom stereocenters. The van der Waals surface area contributed by atoms with Crippen molar-refractivity contribution >= 4 is 33.8 Å². The summed E-state index contributed by atoms with van der Waals surface area (Å²) in [4.78, 5) is 16.8. The van der Waals surface area contributed by atoms with Gasteiger partial charge in [0.2, 0.25) is 0 Å². The summed E-state index contributed by atoms with van der Waals surface area (Å²) in [5, 5.41) is 8.18. The molecule has 5 nitrogen and oxygen atoms in total. The molecule has 7 heteroatoms. The van der Waals surface area contributed by atoms with Crippen molar-refractivity contribution in [3.05, 3.63) is 99.1 Å². The van der Waals surface area contributed by atoms with E-state index in [9.17, 15) is 4.79 Å². The van der Waals surface area contributed by atoms with Gasteiger partial charge in [0.15, 0.2) is 6.17 Å². The van der Waals surface area contributed by atoms with E-state index < -0.39 is 6.17 Å². The summed E-state index contributed by atoms with van der Waals surface area (Å²) in [6.45, 7) is 2.73. The molecule has 2 N–H and O–H groups in total. The molecule has 0 saturated heterocycles. The Hall–Kier alpha value is -3.06. The Balaban J connectivity index is 1.22. The second-order valence-electron chi connectivity index (χ2n) is 8.41. The van der Waals surface area contributed by atoms with Gasteiger partial charge >= 0.3 is 0 Å². The van der Waals surface area contributed by atoms with Crippen LogP contribution in [0.4, 0.5) is 5.00 Å². The Morgan fingerprint density at radius 2 is 1.85 bits per heavy atom. The molecule has 2 aromatic heterocycles. The monoisotopic (exact) mass is 475 g/mol. The van der Waals surface area contributed by atoms with Crippen LogP contribution in [-0.4, -0.2) is 17.4 Å². The fraction of sp³-hybridized carbons (Fsp3) is 0.192. The van der Waals surface area contributed by atoms with E-state index in [1.54, 1.807) is 11.3 Å². The fourth-order valence-electron chi connectivity index (χ4n) is 4.56. The molecule has 1 atom stereocenters. The molecule has 4 heterocycles. The molecule has 0 saturated carbocycles. The maximum absolute atomic E-state index is 13.1. The summed E-state index contributed by atoms with van der Waals surface area (Å²) in [6, 6.07) is 21.9. The molecule has 0 bridgehead atoms. The molecule has 2 aromatic carbocycles. The zero-order valence-electron chi connectivity index (χ0n) is 17.8. The highest BCUT2D eigenvalue weighted by Gasteiger charge is 2.34. The average Bonchev–Trinajstić information content (AvgIpc) is 3.45. The van der Waals surface area contributed by atoms with Gasteiger partial charge in [0, 0.05) is 35.1 Å². The van der Waals surface area contributed by atoms with Gasteiger partial charge in [-0.05, 0) is 53.9 Å². The van der Waals surface area contributed by atoms with Gasteiger partial charge in [0.25, 0.3) is 5.91 Å². The van der Waals surface area contributed by atoms with Gasteiger partial charge in [0.05, 0.1) is 5.56 Å². The van der Waals surface area contributed by atoms with E-state index >= 15 is 0 Å². The standard InChI is InChI=1S/C26H22ClN3O2S/c27-18-8-6-17(7-9-18)20-10-11-21(32-20)24-28-25(31)23-19-12-13-30(14-16-4-2-1-3-5-16)15-22(19)33-26(23)29-24/h1-11,24,29H,12-15H2,(H,28,31)/t24-/m1/s1. The number of furan rings is 1. The highest BCUT2D eigenvalue weighted by Crippen LogP contribution is 2.41. The Morgan fingerprint density at radius 1 is 1.03 bits per heavy atom. The minimum absolute atomic E-state index is 0.0350. The number of benzene rings is 2. The number of fused-ring (bicyclic) bond motifs is 3. The number of nitrogens with zero attached hydrogens (tertiary/aromatic N) is 1. The van der Waals surface area contributed by atoms with Crippen LogP contribution in [0.2, 0.25) is 5.02 Å².